The van der Waals surface area contributed by atoms with Crippen LogP contribution in [0.25, 0.3) is 5.70 Å². The van der Waals surface area contributed by atoms with Crippen LogP contribution in [0.5, 0.6) is 0 Å². The van der Waals surface area contributed by atoms with Gasteiger partial charge in [-0.1, -0.05) is 30.3 Å². The van der Waals surface area contributed by atoms with Crippen LogP contribution in [0.2, 0.25) is 0 Å². The van der Waals surface area contributed by atoms with E-state index in [0.29, 0.717) is 0 Å². The zero-order valence-electron chi connectivity index (χ0n) is 7.81. The van der Waals surface area contributed by atoms with Gasteiger partial charge in [-0.2, -0.15) is 0 Å². The molecule has 1 aliphatic rings. The van der Waals surface area contributed by atoms with Crippen molar-refractivity contribution in [3.63, 3.8) is 0 Å². The molecule has 0 atom stereocenters. The lowest BCUT2D eigenvalue weighted by Gasteiger charge is -2.00. The normalized spacial score (nSPS) is 16.9. The van der Waals surface area contributed by atoms with Gasteiger partial charge in [0, 0.05) is 18.0 Å². The molecule has 0 aromatic heterocycles. The molecule has 0 saturated heterocycles. The Bertz CT molecular complexity index is 368. The maximum Gasteiger partial charge on any atom is 0.0926 e. The van der Waals surface area contributed by atoms with E-state index >= 15 is 0 Å². The third kappa shape index (κ3) is 2.17. The SMILES string of the molecule is N/C(=C/C1=NCCS1)c1ccccc1. The third-order valence-electron chi connectivity index (χ3n) is 1.99. The number of rotatable bonds is 2. The molecule has 14 heavy (non-hydrogen) atoms. The van der Waals surface area contributed by atoms with Gasteiger partial charge in [0.15, 0.2) is 0 Å². The number of aliphatic imine (C=N–C) groups is 1. The van der Waals surface area contributed by atoms with E-state index in [1.54, 1.807) is 11.8 Å². The van der Waals surface area contributed by atoms with E-state index in [1.165, 1.54) is 0 Å². The van der Waals surface area contributed by atoms with Gasteiger partial charge in [-0.3, -0.25) is 4.99 Å². The lowest BCUT2D eigenvalue weighted by atomic mass is 10.1. The Hall–Kier alpha value is -1.22. The highest BCUT2D eigenvalue weighted by molar-refractivity contribution is 8.14. The van der Waals surface area contributed by atoms with Crippen molar-refractivity contribution in [2.24, 2.45) is 10.7 Å². The average molecular weight is 204 g/mol. The van der Waals surface area contributed by atoms with E-state index in [-0.39, 0.29) is 0 Å². The van der Waals surface area contributed by atoms with Crippen LogP contribution in [0, 0.1) is 0 Å². The number of nitrogens with two attached hydrogens (primary N) is 1. The van der Waals surface area contributed by atoms with Crippen molar-refractivity contribution in [2.45, 2.75) is 0 Å². The minimum absolute atomic E-state index is 0.791. The van der Waals surface area contributed by atoms with Crippen molar-refractivity contribution in [1.82, 2.24) is 0 Å². The monoisotopic (exact) mass is 204 g/mol. The van der Waals surface area contributed by atoms with E-state index in [9.17, 15) is 0 Å². The van der Waals surface area contributed by atoms with E-state index in [1.807, 2.05) is 36.4 Å². The van der Waals surface area contributed by atoms with Crippen LogP contribution < -0.4 is 5.73 Å². The smallest absolute Gasteiger partial charge is 0.0926 e. The van der Waals surface area contributed by atoms with Crippen molar-refractivity contribution in [3.8, 4) is 0 Å². The molecular formula is C11H12N2S. The molecule has 2 rings (SSSR count). The van der Waals surface area contributed by atoms with Crippen LogP contribution in [-0.2, 0) is 0 Å². The van der Waals surface area contributed by atoms with Gasteiger partial charge >= 0.3 is 0 Å². The highest BCUT2D eigenvalue weighted by Crippen LogP contribution is 2.16. The molecule has 0 aliphatic carbocycles. The molecule has 0 unspecified atom stereocenters. The fourth-order valence-electron chi connectivity index (χ4n) is 1.29. The molecule has 0 bridgehead atoms. The summed E-state index contributed by atoms with van der Waals surface area (Å²) in [6, 6.07) is 9.97. The fraction of sp³-hybridized carbons (Fsp3) is 0.182. The lowest BCUT2D eigenvalue weighted by molar-refractivity contribution is 1.18. The molecule has 2 nitrogen and oxygen atoms in total. The van der Waals surface area contributed by atoms with Gasteiger partial charge in [0.2, 0.25) is 0 Å². The molecule has 0 saturated carbocycles. The minimum atomic E-state index is 0.791. The van der Waals surface area contributed by atoms with E-state index < -0.39 is 0 Å². The van der Waals surface area contributed by atoms with Crippen LogP contribution in [0.4, 0.5) is 0 Å². The summed E-state index contributed by atoms with van der Waals surface area (Å²) in [5.74, 6) is 1.08. The van der Waals surface area contributed by atoms with Gasteiger partial charge in [-0.15, -0.1) is 11.8 Å². The third-order valence-corrected chi connectivity index (χ3v) is 2.92. The molecule has 72 valence electrons. The van der Waals surface area contributed by atoms with Crippen LogP contribution in [0.1, 0.15) is 5.56 Å². The Morgan fingerprint density at radius 2 is 2.14 bits per heavy atom. The number of nitrogens with zero attached hydrogens (tertiary/aromatic N) is 1. The molecule has 0 radical (unpaired) electrons. The largest absolute Gasteiger partial charge is 0.398 e. The molecule has 0 spiro atoms. The van der Waals surface area contributed by atoms with E-state index in [0.717, 1.165) is 28.6 Å². The number of benzene rings is 1. The molecule has 0 amide bonds. The summed E-state index contributed by atoms with van der Waals surface area (Å²) in [4.78, 5) is 4.32. The molecule has 1 aromatic carbocycles. The second kappa shape index (κ2) is 4.33. The van der Waals surface area contributed by atoms with Crippen molar-refractivity contribution in [3.05, 3.63) is 42.0 Å². The van der Waals surface area contributed by atoms with E-state index in [4.69, 9.17) is 5.73 Å². The highest BCUT2D eigenvalue weighted by Gasteiger charge is 2.04. The van der Waals surface area contributed by atoms with Gasteiger partial charge in [0.05, 0.1) is 5.04 Å². The molecule has 2 N–H and O–H groups in total. The Labute approximate surface area is 87.9 Å². The summed E-state index contributed by atoms with van der Waals surface area (Å²) < 4.78 is 0. The fourth-order valence-corrected chi connectivity index (χ4v) is 2.07. The van der Waals surface area contributed by atoms with Gasteiger partial charge in [-0.25, -0.2) is 0 Å². The van der Waals surface area contributed by atoms with Gasteiger partial charge in [0.25, 0.3) is 0 Å². The lowest BCUT2D eigenvalue weighted by Crippen LogP contribution is -1.98. The second-order valence-corrected chi connectivity index (χ2v) is 4.15. The number of thioether (sulfide) groups is 1. The van der Waals surface area contributed by atoms with Crippen LogP contribution >= 0.6 is 11.8 Å². The zero-order valence-corrected chi connectivity index (χ0v) is 8.63. The molecule has 0 fully saturated rings. The minimum Gasteiger partial charge on any atom is -0.398 e. The van der Waals surface area contributed by atoms with Crippen molar-refractivity contribution in [1.29, 1.82) is 0 Å². The summed E-state index contributed by atoms with van der Waals surface area (Å²) >= 11 is 1.76. The Morgan fingerprint density at radius 3 is 2.79 bits per heavy atom. The van der Waals surface area contributed by atoms with Crippen LogP contribution in [0.3, 0.4) is 0 Å². The van der Waals surface area contributed by atoms with Crippen LogP contribution in [0.15, 0.2) is 41.4 Å². The predicted molar refractivity (Wildman–Crippen MR) is 63.4 cm³/mol. The maximum absolute atomic E-state index is 5.94. The predicted octanol–water partition coefficient (Wildman–Crippen LogP) is 2.13. The highest BCUT2D eigenvalue weighted by atomic mass is 32.2. The summed E-state index contributed by atoms with van der Waals surface area (Å²) in [5, 5.41) is 1.05. The quantitative estimate of drug-likeness (QED) is 0.801. The molecule has 1 aliphatic heterocycles. The summed E-state index contributed by atoms with van der Waals surface area (Å²) in [6.07, 6.45) is 1.95. The summed E-state index contributed by atoms with van der Waals surface area (Å²) in [5.41, 5.74) is 7.79. The summed E-state index contributed by atoms with van der Waals surface area (Å²) in [6.45, 7) is 0.915. The zero-order chi connectivity index (χ0) is 9.80. The Kier molecular flexibility index (Phi) is 2.89. The molecular weight excluding hydrogens is 192 g/mol. The van der Waals surface area contributed by atoms with Crippen molar-refractivity contribution in [2.75, 3.05) is 12.3 Å². The Balaban J connectivity index is 2.19. The Morgan fingerprint density at radius 1 is 1.36 bits per heavy atom. The van der Waals surface area contributed by atoms with Gasteiger partial charge in [-0.05, 0) is 11.6 Å². The topological polar surface area (TPSA) is 38.4 Å². The molecule has 3 heteroatoms. The molecule has 1 heterocycles. The first-order chi connectivity index (χ1) is 6.86. The first-order valence-corrected chi connectivity index (χ1v) is 5.54. The van der Waals surface area contributed by atoms with Crippen LogP contribution in [-0.4, -0.2) is 17.3 Å². The van der Waals surface area contributed by atoms with E-state index in [2.05, 4.69) is 4.99 Å². The van der Waals surface area contributed by atoms with Crippen molar-refractivity contribution < 1.29 is 0 Å². The average Bonchev–Trinajstić information content (AvgIpc) is 2.72. The van der Waals surface area contributed by atoms with Crippen molar-refractivity contribution >= 4 is 22.5 Å². The number of hydrogen-bond donors (Lipinski definition) is 1. The van der Waals surface area contributed by atoms with Gasteiger partial charge < -0.3 is 5.73 Å². The standard InChI is InChI=1S/C11H12N2S/c12-10(8-11-13-6-7-14-11)9-4-2-1-3-5-9/h1-5,8H,6-7,12H2/b10-8+. The molecule has 1 aromatic rings. The first kappa shape index (κ1) is 9.34. The first-order valence-electron chi connectivity index (χ1n) is 4.56. The summed E-state index contributed by atoms with van der Waals surface area (Å²) in [7, 11) is 0. The van der Waals surface area contributed by atoms with Gasteiger partial charge in [0.1, 0.15) is 0 Å². The second-order valence-electron chi connectivity index (χ2n) is 3.03. The maximum atomic E-state index is 5.94. The number of hydrogen-bond acceptors (Lipinski definition) is 3.